The van der Waals surface area contributed by atoms with Crippen LogP contribution in [-0.4, -0.2) is 5.88 Å². The molecule has 0 unspecified atom stereocenters. The van der Waals surface area contributed by atoms with Gasteiger partial charge in [0.15, 0.2) is 0 Å². The Morgan fingerprint density at radius 1 is 1.33 bits per heavy atom. The number of aryl methyl sites for hydroxylation is 2. The standard InChI is InChI=1S/C10H12Cl2/c1-7-3-4-9(8(2)5-7)10(12)6-11/h3-5,10H,6H2,1-2H3/t10-/m0/s1. The van der Waals surface area contributed by atoms with Gasteiger partial charge in [-0.05, 0) is 25.0 Å². The van der Waals surface area contributed by atoms with Crippen LogP contribution in [-0.2, 0) is 0 Å². The van der Waals surface area contributed by atoms with Crippen LogP contribution in [0.25, 0.3) is 0 Å². The zero-order valence-corrected chi connectivity index (χ0v) is 8.78. The molecule has 0 nitrogen and oxygen atoms in total. The maximum Gasteiger partial charge on any atom is 0.0723 e. The first-order chi connectivity index (χ1) is 5.65. The summed E-state index contributed by atoms with van der Waals surface area (Å²) in [5.41, 5.74) is 3.61. The first-order valence-corrected chi connectivity index (χ1v) is 4.89. The molecule has 1 aromatic rings. The summed E-state index contributed by atoms with van der Waals surface area (Å²) in [7, 11) is 0. The first kappa shape index (κ1) is 9.88. The van der Waals surface area contributed by atoms with E-state index in [9.17, 15) is 0 Å². The average molecular weight is 203 g/mol. The molecule has 0 N–H and O–H groups in total. The molecule has 0 aliphatic heterocycles. The Kier molecular flexibility index (Phi) is 3.42. The van der Waals surface area contributed by atoms with Gasteiger partial charge in [0.2, 0.25) is 0 Å². The summed E-state index contributed by atoms with van der Waals surface area (Å²) in [6.07, 6.45) is 0. The third-order valence-electron chi connectivity index (χ3n) is 1.90. The van der Waals surface area contributed by atoms with Gasteiger partial charge in [0.1, 0.15) is 0 Å². The fourth-order valence-electron chi connectivity index (χ4n) is 1.26. The maximum absolute atomic E-state index is 6.02. The molecule has 0 amide bonds. The third kappa shape index (κ3) is 2.15. The van der Waals surface area contributed by atoms with E-state index in [1.807, 2.05) is 6.07 Å². The topological polar surface area (TPSA) is 0 Å². The lowest BCUT2D eigenvalue weighted by Crippen LogP contribution is -1.95. The van der Waals surface area contributed by atoms with E-state index < -0.39 is 0 Å². The van der Waals surface area contributed by atoms with E-state index in [4.69, 9.17) is 23.2 Å². The predicted molar refractivity (Wildman–Crippen MR) is 55.2 cm³/mol. The van der Waals surface area contributed by atoms with Crippen LogP contribution >= 0.6 is 23.2 Å². The van der Waals surface area contributed by atoms with Crippen molar-refractivity contribution < 1.29 is 0 Å². The highest BCUT2D eigenvalue weighted by Crippen LogP contribution is 2.25. The number of alkyl halides is 2. The molecular formula is C10H12Cl2. The van der Waals surface area contributed by atoms with Crippen molar-refractivity contribution in [1.82, 2.24) is 0 Å². The fraction of sp³-hybridized carbons (Fsp3) is 0.400. The van der Waals surface area contributed by atoms with E-state index in [0.29, 0.717) is 5.88 Å². The second-order valence-electron chi connectivity index (χ2n) is 2.98. The molecule has 0 aliphatic rings. The van der Waals surface area contributed by atoms with Gasteiger partial charge in [0.25, 0.3) is 0 Å². The molecule has 2 heteroatoms. The minimum absolute atomic E-state index is 0.0627. The van der Waals surface area contributed by atoms with Gasteiger partial charge < -0.3 is 0 Å². The molecule has 0 aliphatic carbocycles. The summed E-state index contributed by atoms with van der Waals surface area (Å²) in [6.45, 7) is 4.13. The van der Waals surface area contributed by atoms with Crippen LogP contribution in [0.5, 0.6) is 0 Å². The second kappa shape index (κ2) is 4.15. The molecule has 0 fully saturated rings. The molecule has 0 aromatic heterocycles. The Labute approximate surface area is 83.5 Å². The van der Waals surface area contributed by atoms with Crippen LogP contribution in [0.3, 0.4) is 0 Å². The van der Waals surface area contributed by atoms with Crippen molar-refractivity contribution in [2.75, 3.05) is 5.88 Å². The molecule has 1 atom stereocenters. The van der Waals surface area contributed by atoms with Crippen molar-refractivity contribution in [3.05, 3.63) is 34.9 Å². The number of halogens is 2. The lowest BCUT2D eigenvalue weighted by Gasteiger charge is -2.09. The Bertz CT molecular complexity index is 269. The largest absolute Gasteiger partial charge is 0.125 e. The average Bonchev–Trinajstić information content (AvgIpc) is 2.03. The quantitative estimate of drug-likeness (QED) is 0.641. The molecule has 0 spiro atoms. The van der Waals surface area contributed by atoms with Gasteiger partial charge in [-0.3, -0.25) is 0 Å². The second-order valence-corrected chi connectivity index (χ2v) is 3.82. The summed E-state index contributed by atoms with van der Waals surface area (Å²) in [4.78, 5) is 0. The van der Waals surface area contributed by atoms with Crippen molar-refractivity contribution in [2.45, 2.75) is 19.2 Å². The Morgan fingerprint density at radius 2 is 2.00 bits per heavy atom. The Morgan fingerprint density at radius 3 is 2.50 bits per heavy atom. The van der Waals surface area contributed by atoms with E-state index in [0.717, 1.165) is 5.56 Å². The smallest absolute Gasteiger partial charge is 0.0723 e. The minimum Gasteiger partial charge on any atom is -0.125 e. The van der Waals surface area contributed by atoms with Crippen molar-refractivity contribution in [3.8, 4) is 0 Å². The molecule has 0 radical (unpaired) electrons. The van der Waals surface area contributed by atoms with Crippen LogP contribution in [0.1, 0.15) is 22.1 Å². The molecule has 1 aromatic carbocycles. The van der Waals surface area contributed by atoms with E-state index in [1.165, 1.54) is 11.1 Å². The summed E-state index contributed by atoms with van der Waals surface area (Å²) in [5.74, 6) is 0.464. The summed E-state index contributed by atoms with van der Waals surface area (Å²) in [6, 6.07) is 6.23. The van der Waals surface area contributed by atoms with Crippen LogP contribution in [0.15, 0.2) is 18.2 Å². The lowest BCUT2D eigenvalue weighted by molar-refractivity contribution is 1.06. The van der Waals surface area contributed by atoms with Gasteiger partial charge in [-0.1, -0.05) is 23.8 Å². The number of rotatable bonds is 2. The van der Waals surface area contributed by atoms with Crippen molar-refractivity contribution in [1.29, 1.82) is 0 Å². The minimum atomic E-state index is -0.0627. The third-order valence-corrected chi connectivity index (χ3v) is 2.75. The maximum atomic E-state index is 6.02. The molecule has 12 heavy (non-hydrogen) atoms. The van der Waals surface area contributed by atoms with E-state index in [1.54, 1.807) is 0 Å². The summed E-state index contributed by atoms with van der Waals surface area (Å²) in [5, 5.41) is -0.0627. The number of benzene rings is 1. The van der Waals surface area contributed by atoms with Gasteiger partial charge in [-0.15, -0.1) is 23.2 Å². The number of hydrogen-bond donors (Lipinski definition) is 0. The highest BCUT2D eigenvalue weighted by atomic mass is 35.5. The Hall–Kier alpha value is -0.200. The van der Waals surface area contributed by atoms with Crippen LogP contribution in [0.2, 0.25) is 0 Å². The molecule has 0 bridgehead atoms. The van der Waals surface area contributed by atoms with Crippen molar-refractivity contribution in [2.24, 2.45) is 0 Å². The van der Waals surface area contributed by atoms with Crippen molar-refractivity contribution >= 4 is 23.2 Å². The van der Waals surface area contributed by atoms with Crippen LogP contribution < -0.4 is 0 Å². The normalized spacial score (nSPS) is 13.0. The van der Waals surface area contributed by atoms with E-state index >= 15 is 0 Å². The SMILES string of the molecule is Cc1ccc([C@@H](Cl)CCl)c(C)c1. The van der Waals surface area contributed by atoms with Crippen molar-refractivity contribution in [3.63, 3.8) is 0 Å². The van der Waals surface area contributed by atoms with Crippen LogP contribution in [0.4, 0.5) is 0 Å². The Balaban J connectivity index is 3.01. The zero-order valence-electron chi connectivity index (χ0n) is 7.27. The predicted octanol–water partition coefficient (Wildman–Crippen LogP) is 3.82. The van der Waals surface area contributed by atoms with Gasteiger partial charge in [0.05, 0.1) is 5.38 Å². The van der Waals surface area contributed by atoms with Gasteiger partial charge >= 0.3 is 0 Å². The van der Waals surface area contributed by atoms with Crippen LogP contribution in [0, 0.1) is 13.8 Å². The molecule has 0 saturated carbocycles. The van der Waals surface area contributed by atoms with Gasteiger partial charge in [0, 0.05) is 5.88 Å². The fourth-order valence-corrected chi connectivity index (χ4v) is 1.67. The first-order valence-electron chi connectivity index (χ1n) is 3.92. The molecule has 0 saturated heterocycles. The zero-order chi connectivity index (χ0) is 9.14. The lowest BCUT2D eigenvalue weighted by atomic mass is 10.0. The molecule has 1 rings (SSSR count). The highest BCUT2D eigenvalue weighted by molar-refractivity contribution is 6.28. The number of hydrogen-bond acceptors (Lipinski definition) is 0. The molecular weight excluding hydrogens is 191 g/mol. The molecule has 0 heterocycles. The monoisotopic (exact) mass is 202 g/mol. The molecule has 66 valence electrons. The summed E-state index contributed by atoms with van der Waals surface area (Å²) >= 11 is 11.7. The van der Waals surface area contributed by atoms with Gasteiger partial charge in [-0.25, -0.2) is 0 Å². The van der Waals surface area contributed by atoms with E-state index in [2.05, 4.69) is 26.0 Å². The highest BCUT2D eigenvalue weighted by Gasteiger charge is 2.08. The van der Waals surface area contributed by atoms with Gasteiger partial charge in [-0.2, -0.15) is 0 Å². The summed E-state index contributed by atoms with van der Waals surface area (Å²) < 4.78 is 0. The van der Waals surface area contributed by atoms with E-state index in [-0.39, 0.29) is 5.38 Å².